The van der Waals surface area contributed by atoms with Gasteiger partial charge in [-0.25, -0.2) is 5.43 Å². The van der Waals surface area contributed by atoms with Gasteiger partial charge in [-0.3, -0.25) is 14.9 Å². The molecule has 7 heteroatoms. The Morgan fingerprint density at radius 3 is 2.80 bits per heavy atom. The van der Waals surface area contributed by atoms with E-state index in [0.29, 0.717) is 5.56 Å². The molecule has 1 heterocycles. The Morgan fingerprint density at radius 2 is 2.15 bits per heavy atom. The van der Waals surface area contributed by atoms with Crippen molar-refractivity contribution in [2.24, 2.45) is 5.10 Å². The first kappa shape index (κ1) is 13.5. The number of nitrogens with one attached hydrogen (secondary N) is 1. The van der Waals surface area contributed by atoms with Crippen LogP contribution in [0.4, 0.5) is 5.88 Å². The summed E-state index contributed by atoms with van der Waals surface area (Å²) in [6, 6.07) is 10.4. The first-order valence-electron chi connectivity index (χ1n) is 5.74. The molecule has 2 rings (SSSR count). The lowest BCUT2D eigenvalue weighted by Crippen LogP contribution is -2.19. The number of benzene rings is 1. The number of rotatable bonds is 5. The molecule has 0 saturated heterocycles. The molecule has 0 atom stereocenters. The zero-order valence-electron chi connectivity index (χ0n) is 10.4. The third kappa shape index (κ3) is 3.77. The molecule has 0 aliphatic rings. The number of nitro groups is 1. The molecule has 1 aromatic carbocycles. The molecular formula is C13H11N3O4. The van der Waals surface area contributed by atoms with E-state index in [9.17, 15) is 14.9 Å². The maximum absolute atomic E-state index is 11.6. The summed E-state index contributed by atoms with van der Waals surface area (Å²) in [7, 11) is 0. The first-order valence-corrected chi connectivity index (χ1v) is 5.74. The van der Waals surface area contributed by atoms with Crippen LogP contribution in [0.25, 0.3) is 0 Å². The lowest BCUT2D eigenvalue weighted by Gasteiger charge is -1.99. The Bertz CT molecular complexity index is 634. The summed E-state index contributed by atoms with van der Waals surface area (Å²) in [5, 5.41) is 14.1. The van der Waals surface area contributed by atoms with E-state index >= 15 is 0 Å². The van der Waals surface area contributed by atoms with Crippen molar-refractivity contribution in [3.05, 3.63) is 63.9 Å². The number of hydrazone groups is 1. The maximum Gasteiger partial charge on any atom is 0.433 e. The molecule has 20 heavy (non-hydrogen) atoms. The van der Waals surface area contributed by atoms with Gasteiger partial charge in [0.15, 0.2) is 0 Å². The zero-order chi connectivity index (χ0) is 14.4. The Labute approximate surface area is 114 Å². The maximum atomic E-state index is 11.6. The van der Waals surface area contributed by atoms with Crippen LogP contribution in [0.2, 0.25) is 0 Å². The van der Waals surface area contributed by atoms with Crippen LogP contribution >= 0.6 is 0 Å². The van der Waals surface area contributed by atoms with Gasteiger partial charge in [0.05, 0.1) is 18.7 Å². The van der Waals surface area contributed by atoms with Gasteiger partial charge in [0.1, 0.15) is 11.2 Å². The quantitative estimate of drug-likeness (QED) is 0.511. The molecule has 0 radical (unpaired) electrons. The van der Waals surface area contributed by atoms with E-state index in [2.05, 4.69) is 14.9 Å². The number of amides is 1. The highest BCUT2D eigenvalue weighted by molar-refractivity contribution is 5.83. The Morgan fingerprint density at radius 1 is 1.40 bits per heavy atom. The average Bonchev–Trinajstić information content (AvgIpc) is 2.89. The van der Waals surface area contributed by atoms with E-state index in [-0.39, 0.29) is 18.2 Å². The summed E-state index contributed by atoms with van der Waals surface area (Å²) in [4.78, 5) is 21.3. The van der Waals surface area contributed by atoms with E-state index in [0.717, 1.165) is 5.56 Å². The fourth-order valence-electron chi connectivity index (χ4n) is 1.50. The standard InChI is InChI=1S/C13H11N3O4/c17-12(6-10-4-2-1-3-5-10)15-14-8-11-7-13(16(18)19)20-9-11/h1-5,7-9H,6H2,(H,15,17)/b14-8+. The van der Waals surface area contributed by atoms with Crippen LogP contribution in [-0.4, -0.2) is 17.0 Å². The van der Waals surface area contributed by atoms with E-state index in [1.165, 1.54) is 18.5 Å². The number of furan rings is 1. The number of nitrogens with zero attached hydrogens (tertiary/aromatic N) is 2. The molecule has 102 valence electrons. The van der Waals surface area contributed by atoms with Gasteiger partial charge in [-0.2, -0.15) is 5.10 Å². The van der Waals surface area contributed by atoms with Crippen molar-refractivity contribution < 1.29 is 14.1 Å². The van der Waals surface area contributed by atoms with Gasteiger partial charge in [0.25, 0.3) is 0 Å². The van der Waals surface area contributed by atoms with Crippen LogP contribution in [0.3, 0.4) is 0 Å². The Balaban J connectivity index is 1.86. The van der Waals surface area contributed by atoms with Crippen molar-refractivity contribution in [3.8, 4) is 0 Å². The van der Waals surface area contributed by atoms with E-state index < -0.39 is 4.92 Å². The summed E-state index contributed by atoms with van der Waals surface area (Å²) in [5.74, 6) is -0.646. The van der Waals surface area contributed by atoms with Crippen molar-refractivity contribution in [3.63, 3.8) is 0 Å². The molecule has 7 nitrogen and oxygen atoms in total. The predicted octanol–water partition coefficient (Wildman–Crippen LogP) is 1.88. The molecule has 1 aromatic heterocycles. The SMILES string of the molecule is O=C(Cc1ccccc1)N/N=C/c1coc([N+](=O)[O-])c1. The minimum atomic E-state index is -0.647. The van der Waals surface area contributed by atoms with E-state index in [1.54, 1.807) is 0 Å². The number of hydrogen-bond donors (Lipinski definition) is 1. The van der Waals surface area contributed by atoms with Crippen molar-refractivity contribution in [2.75, 3.05) is 0 Å². The topological polar surface area (TPSA) is 97.7 Å². The summed E-state index contributed by atoms with van der Waals surface area (Å²) >= 11 is 0. The van der Waals surface area contributed by atoms with Crippen LogP contribution < -0.4 is 5.43 Å². The lowest BCUT2D eigenvalue weighted by atomic mass is 10.1. The molecule has 2 aromatic rings. The second-order valence-corrected chi connectivity index (χ2v) is 3.93. The van der Waals surface area contributed by atoms with Crippen LogP contribution in [0.1, 0.15) is 11.1 Å². The Kier molecular flexibility index (Phi) is 4.23. The van der Waals surface area contributed by atoms with Crippen LogP contribution in [0, 0.1) is 10.1 Å². The van der Waals surface area contributed by atoms with Gasteiger partial charge in [0, 0.05) is 5.56 Å². The van der Waals surface area contributed by atoms with Crippen molar-refractivity contribution in [1.29, 1.82) is 0 Å². The highest BCUT2D eigenvalue weighted by Gasteiger charge is 2.10. The van der Waals surface area contributed by atoms with Gasteiger partial charge in [-0.1, -0.05) is 30.3 Å². The highest BCUT2D eigenvalue weighted by Crippen LogP contribution is 2.13. The van der Waals surface area contributed by atoms with Crippen molar-refractivity contribution in [1.82, 2.24) is 5.43 Å². The normalized spacial score (nSPS) is 10.6. The zero-order valence-corrected chi connectivity index (χ0v) is 10.4. The van der Waals surface area contributed by atoms with E-state index in [1.807, 2.05) is 30.3 Å². The largest absolute Gasteiger partial charge is 0.433 e. The fraction of sp³-hybridized carbons (Fsp3) is 0.0769. The summed E-state index contributed by atoms with van der Waals surface area (Å²) < 4.78 is 4.68. The van der Waals surface area contributed by atoms with Crippen molar-refractivity contribution in [2.45, 2.75) is 6.42 Å². The molecule has 0 aliphatic heterocycles. The van der Waals surface area contributed by atoms with Gasteiger partial charge < -0.3 is 4.42 Å². The van der Waals surface area contributed by atoms with Gasteiger partial charge in [0.2, 0.25) is 5.91 Å². The van der Waals surface area contributed by atoms with Crippen LogP contribution in [-0.2, 0) is 11.2 Å². The third-order valence-electron chi connectivity index (χ3n) is 2.40. The Hall–Kier alpha value is -2.96. The predicted molar refractivity (Wildman–Crippen MR) is 71.2 cm³/mol. The molecular weight excluding hydrogens is 262 g/mol. The molecule has 1 N–H and O–H groups in total. The second kappa shape index (κ2) is 6.28. The number of hydrogen-bond acceptors (Lipinski definition) is 5. The van der Waals surface area contributed by atoms with Crippen LogP contribution in [0.5, 0.6) is 0 Å². The molecule has 1 amide bonds. The van der Waals surface area contributed by atoms with Crippen LogP contribution in [0.15, 0.2) is 52.2 Å². The lowest BCUT2D eigenvalue weighted by molar-refractivity contribution is -0.402. The smallest absolute Gasteiger partial charge is 0.409 e. The van der Waals surface area contributed by atoms with E-state index in [4.69, 9.17) is 0 Å². The molecule has 0 unspecified atom stereocenters. The molecule has 0 bridgehead atoms. The third-order valence-corrected chi connectivity index (χ3v) is 2.40. The average molecular weight is 273 g/mol. The van der Waals surface area contributed by atoms with Gasteiger partial charge in [-0.15, -0.1) is 0 Å². The molecule has 0 saturated carbocycles. The second-order valence-electron chi connectivity index (χ2n) is 3.93. The summed E-state index contributed by atoms with van der Waals surface area (Å²) in [6.07, 6.45) is 2.67. The molecule has 0 fully saturated rings. The molecule has 0 aliphatic carbocycles. The fourth-order valence-corrected chi connectivity index (χ4v) is 1.50. The minimum absolute atomic E-state index is 0.212. The summed E-state index contributed by atoms with van der Waals surface area (Å²) in [6.45, 7) is 0. The first-order chi connectivity index (χ1) is 9.65. The summed E-state index contributed by atoms with van der Waals surface area (Å²) in [5.41, 5.74) is 3.61. The molecule has 0 spiro atoms. The number of carbonyl (C=O) groups is 1. The van der Waals surface area contributed by atoms with Gasteiger partial charge >= 0.3 is 5.88 Å². The minimum Gasteiger partial charge on any atom is -0.409 e. The van der Waals surface area contributed by atoms with Crippen molar-refractivity contribution >= 4 is 18.0 Å². The van der Waals surface area contributed by atoms with Gasteiger partial charge in [-0.05, 0) is 5.56 Å². The number of carbonyl (C=O) groups excluding carboxylic acids is 1. The monoisotopic (exact) mass is 273 g/mol. The highest BCUT2D eigenvalue weighted by atomic mass is 16.6.